The maximum atomic E-state index is 12.6. The Morgan fingerprint density at radius 1 is 1.58 bits per heavy atom. The van der Waals surface area contributed by atoms with Crippen LogP contribution in [0.25, 0.3) is 0 Å². The third kappa shape index (κ3) is 3.39. The van der Waals surface area contributed by atoms with Crippen LogP contribution in [-0.2, 0) is 0 Å². The summed E-state index contributed by atoms with van der Waals surface area (Å²) in [5.74, 6) is 0.190. The van der Waals surface area contributed by atoms with E-state index in [1.807, 2.05) is 4.90 Å². The van der Waals surface area contributed by atoms with Gasteiger partial charge in [-0.3, -0.25) is 4.79 Å². The van der Waals surface area contributed by atoms with Crippen LogP contribution in [0.1, 0.15) is 30.1 Å². The van der Waals surface area contributed by atoms with Crippen molar-refractivity contribution in [2.45, 2.75) is 25.8 Å². The smallest absolute Gasteiger partial charge is 0.254 e. The van der Waals surface area contributed by atoms with E-state index in [0.29, 0.717) is 5.56 Å². The average molecular weight is 374 g/mol. The number of rotatable bonds is 4. The van der Waals surface area contributed by atoms with Crippen molar-refractivity contribution in [3.63, 3.8) is 0 Å². The molecule has 1 aromatic carbocycles. The zero-order valence-electron chi connectivity index (χ0n) is 11.0. The first-order chi connectivity index (χ1) is 9.13. The number of phenolic OH excluding ortho intramolecular Hbond substituents is 1. The lowest BCUT2D eigenvalue weighted by Gasteiger charge is -2.28. The highest BCUT2D eigenvalue weighted by Gasteiger charge is 2.26. The van der Waals surface area contributed by atoms with Gasteiger partial charge < -0.3 is 15.3 Å². The lowest BCUT2D eigenvalue weighted by atomic mass is 10.1. The number of halogens is 1. The maximum absolute atomic E-state index is 12.6. The summed E-state index contributed by atoms with van der Waals surface area (Å²) in [5.41, 5.74) is 0.568. The fourth-order valence-electron chi connectivity index (χ4n) is 2.41. The Bertz CT molecular complexity index is 459. The third-order valence-electron chi connectivity index (χ3n) is 3.39. The van der Waals surface area contributed by atoms with Crippen LogP contribution >= 0.6 is 22.6 Å². The molecule has 2 rings (SSSR count). The summed E-state index contributed by atoms with van der Waals surface area (Å²) in [6.07, 6.45) is 1.95. The summed E-state index contributed by atoms with van der Waals surface area (Å²) in [6, 6.07) is 5.40. The van der Waals surface area contributed by atoms with Gasteiger partial charge in [0.15, 0.2) is 0 Å². The SMILES string of the molecule is CCCN(C(=O)c1ccc(I)c(O)c1)C1CCNC1. The molecular formula is C14H19IN2O2. The van der Waals surface area contributed by atoms with Crippen LogP contribution in [0.2, 0.25) is 0 Å². The predicted octanol–water partition coefficient (Wildman–Crippen LogP) is 2.21. The zero-order chi connectivity index (χ0) is 13.8. The number of nitrogens with one attached hydrogen (secondary N) is 1. The molecule has 1 atom stereocenters. The Morgan fingerprint density at radius 2 is 2.37 bits per heavy atom. The number of amides is 1. The average Bonchev–Trinajstić information content (AvgIpc) is 2.92. The van der Waals surface area contributed by atoms with Crippen molar-refractivity contribution >= 4 is 28.5 Å². The summed E-state index contributed by atoms with van der Waals surface area (Å²) >= 11 is 2.05. The molecule has 1 saturated heterocycles. The summed E-state index contributed by atoms with van der Waals surface area (Å²) in [4.78, 5) is 14.5. The van der Waals surface area contributed by atoms with Crippen molar-refractivity contribution in [2.24, 2.45) is 0 Å². The molecule has 1 aromatic rings. The van der Waals surface area contributed by atoms with Crippen LogP contribution in [0.15, 0.2) is 18.2 Å². The van der Waals surface area contributed by atoms with Crippen molar-refractivity contribution < 1.29 is 9.90 Å². The molecule has 0 aromatic heterocycles. The molecule has 104 valence electrons. The molecule has 0 radical (unpaired) electrons. The number of hydrogen-bond acceptors (Lipinski definition) is 3. The fourth-order valence-corrected chi connectivity index (χ4v) is 2.74. The van der Waals surface area contributed by atoms with Crippen molar-refractivity contribution in [2.75, 3.05) is 19.6 Å². The second-order valence-electron chi connectivity index (χ2n) is 4.81. The minimum absolute atomic E-state index is 0.0160. The predicted molar refractivity (Wildman–Crippen MR) is 83.4 cm³/mol. The first-order valence-electron chi connectivity index (χ1n) is 6.63. The molecule has 1 unspecified atom stereocenters. The first kappa shape index (κ1) is 14.6. The molecule has 1 heterocycles. The molecule has 0 aliphatic carbocycles. The van der Waals surface area contributed by atoms with E-state index in [1.54, 1.807) is 18.2 Å². The van der Waals surface area contributed by atoms with Crippen molar-refractivity contribution in [3.05, 3.63) is 27.3 Å². The second kappa shape index (κ2) is 6.56. The lowest BCUT2D eigenvalue weighted by Crippen LogP contribution is -2.42. The van der Waals surface area contributed by atoms with Gasteiger partial charge in [0.25, 0.3) is 5.91 Å². The highest BCUT2D eigenvalue weighted by atomic mass is 127. The molecule has 2 N–H and O–H groups in total. The zero-order valence-corrected chi connectivity index (χ0v) is 13.2. The van der Waals surface area contributed by atoms with Gasteiger partial charge in [0.2, 0.25) is 0 Å². The van der Waals surface area contributed by atoms with E-state index in [9.17, 15) is 9.90 Å². The van der Waals surface area contributed by atoms with Gasteiger partial charge >= 0.3 is 0 Å². The molecule has 1 aliphatic heterocycles. The van der Waals surface area contributed by atoms with E-state index < -0.39 is 0 Å². The Kier molecular flexibility index (Phi) is 5.04. The fraction of sp³-hybridized carbons (Fsp3) is 0.500. The van der Waals surface area contributed by atoms with Crippen LogP contribution in [-0.4, -0.2) is 41.6 Å². The Labute approximate surface area is 127 Å². The Balaban J connectivity index is 2.20. The molecule has 5 heteroatoms. The van der Waals surface area contributed by atoms with Crippen LogP contribution in [0.3, 0.4) is 0 Å². The molecule has 1 amide bonds. The number of aromatic hydroxyl groups is 1. The minimum Gasteiger partial charge on any atom is -0.507 e. The second-order valence-corrected chi connectivity index (χ2v) is 5.97. The number of carbonyl (C=O) groups excluding carboxylic acids is 1. The van der Waals surface area contributed by atoms with Crippen LogP contribution < -0.4 is 5.32 Å². The lowest BCUT2D eigenvalue weighted by molar-refractivity contribution is 0.0692. The number of phenols is 1. The van der Waals surface area contributed by atoms with Crippen LogP contribution in [0.4, 0.5) is 0 Å². The Hall–Kier alpha value is -0.820. The quantitative estimate of drug-likeness (QED) is 0.795. The monoisotopic (exact) mass is 374 g/mol. The number of benzene rings is 1. The van der Waals surface area contributed by atoms with Gasteiger partial charge in [-0.15, -0.1) is 0 Å². The summed E-state index contributed by atoms with van der Waals surface area (Å²) in [5, 5.41) is 13.0. The van der Waals surface area contributed by atoms with Crippen LogP contribution in [0.5, 0.6) is 5.75 Å². The van der Waals surface area contributed by atoms with E-state index >= 15 is 0 Å². The van der Waals surface area contributed by atoms with Gasteiger partial charge in [0, 0.05) is 24.7 Å². The number of nitrogens with zero attached hydrogens (tertiary/aromatic N) is 1. The molecule has 1 aliphatic rings. The van der Waals surface area contributed by atoms with Crippen molar-refractivity contribution in [1.29, 1.82) is 0 Å². The number of hydrogen-bond donors (Lipinski definition) is 2. The van der Waals surface area contributed by atoms with Gasteiger partial charge in [-0.25, -0.2) is 0 Å². The number of carbonyl (C=O) groups is 1. The maximum Gasteiger partial charge on any atom is 0.254 e. The summed E-state index contributed by atoms with van der Waals surface area (Å²) < 4.78 is 0.763. The summed E-state index contributed by atoms with van der Waals surface area (Å²) in [6.45, 7) is 4.67. The largest absolute Gasteiger partial charge is 0.507 e. The highest BCUT2D eigenvalue weighted by Crippen LogP contribution is 2.22. The highest BCUT2D eigenvalue weighted by molar-refractivity contribution is 14.1. The Morgan fingerprint density at radius 3 is 2.95 bits per heavy atom. The topological polar surface area (TPSA) is 52.6 Å². The van der Waals surface area contributed by atoms with Gasteiger partial charge in [-0.05, 0) is 60.2 Å². The van der Waals surface area contributed by atoms with Crippen molar-refractivity contribution in [3.8, 4) is 5.75 Å². The van der Waals surface area contributed by atoms with E-state index in [0.717, 1.165) is 36.0 Å². The van der Waals surface area contributed by atoms with Gasteiger partial charge in [-0.2, -0.15) is 0 Å². The molecule has 19 heavy (non-hydrogen) atoms. The molecule has 0 spiro atoms. The molecule has 4 nitrogen and oxygen atoms in total. The van der Waals surface area contributed by atoms with E-state index in [4.69, 9.17) is 0 Å². The van der Waals surface area contributed by atoms with Gasteiger partial charge in [0.05, 0.1) is 3.57 Å². The van der Waals surface area contributed by atoms with E-state index in [1.165, 1.54) is 0 Å². The summed E-state index contributed by atoms with van der Waals surface area (Å²) in [7, 11) is 0. The van der Waals surface area contributed by atoms with Gasteiger partial charge in [-0.1, -0.05) is 6.92 Å². The molecule has 0 saturated carbocycles. The third-order valence-corrected chi connectivity index (χ3v) is 4.31. The first-order valence-corrected chi connectivity index (χ1v) is 7.71. The van der Waals surface area contributed by atoms with E-state index in [2.05, 4.69) is 34.8 Å². The van der Waals surface area contributed by atoms with Crippen molar-refractivity contribution in [1.82, 2.24) is 10.2 Å². The standard InChI is InChI=1S/C14H19IN2O2/c1-2-7-17(11-5-6-16-9-11)14(19)10-3-4-12(15)13(18)8-10/h3-4,8,11,16,18H,2,5-7,9H2,1H3. The van der Waals surface area contributed by atoms with E-state index in [-0.39, 0.29) is 17.7 Å². The molecule has 0 bridgehead atoms. The molecule has 1 fully saturated rings. The normalized spacial score (nSPS) is 18.5. The molecular weight excluding hydrogens is 355 g/mol. The van der Waals surface area contributed by atoms with Crippen LogP contribution in [0, 0.1) is 3.57 Å². The van der Waals surface area contributed by atoms with Gasteiger partial charge in [0.1, 0.15) is 5.75 Å². The minimum atomic E-state index is 0.0160.